The Morgan fingerprint density at radius 3 is 2.74 bits per heavy atom. The normalized spacial score (nSPS) is 25.6. The van der Waals surface area contributed by atoms with Crippen LogP contribution in [0.3, 0.4) is 0 Å². The van der Waals surface area contributed by atoms with E-state index in [-0.39, 0.29) is 24.9 Å². The predicted octanol–water partition coefficient (Wildman–Crippen LogP) is 0.00880. The van der Waals surface area contributed by atoms with Gasteiger partial charge >= 0.3 is 0 Å². The molecule has 3 aliphatic rings. The molecule has 2 N–H and O–H groups in total. The third-order valence-electron chi connectivity index (χ3n) is 5.29. The molecule has 1 aromatic rings. The first kappa shape index (κ1) is 17.8. The van der Waals surface area contributed by atoms with Gasteiger partial charge in [0.05, 0.1) is 23.8 Å². The number of aryl methyl sites for hydroxylation is 1. The zero-order chi connectivity index (χ0) is 19.0. The predicted molar refractivity (Wildman–Crippen MR) is 94.0 cm³/mol. The number of rotatable bonds is 4. The monoisotopic (exact) mass is 371 g/mol. The fourth-order valence-electron chi connectivity index (χ4n) is 3.91. The van der Waals surface area contributed by atoms with E-state index < -0.39 is 23.8 Å². The number of fused-ring (bicyclic) bond motifs is 1. The molecule has 27 heavy (non-hydrogen) atoms. The summed E-state index contributed by atoms with van der Waals surface area (Å²) in [7, 11) is 0. The van der Waals surface area contributed by atoms with E-state index in [9.17, 15) is 19.2 Å². The number of piperidine rings is 1. The second-order valence-electron chi connectivity index (χ2n) is 7.02. The minimum atomic E-state index is -0.936. The summed E-state index contributed by atoms with van der Waals surface area (Å²) in [6.07, 6.45) is 1.70. The Bertz CT molecular complexity index is 816. The first-order chi connectivity index (χ1) is 13.1. The van der Waals surface area contributed by atoms with Gasteiger partial charge in [-0.15, -0.1) is 0 Å². The third kappa shape index (κ3) is 3.26. The van der Waals surface area contributed by atoms with Crippen LogP contribution in [-0.4, -0.2) is 60.4 Å². The Morgan fingerprint density at radius 2 is 2.00 bits per heavy atom. The van der Waals surface area contributed by atoms with E-state index in [2.05, 4.69) is 10.6 Å². The van der Waals surface area contributed by atoms with Crippen molar-refractivity contribution in [2.24, 2.45) is 0 Å². The quantitative estimate of drug-likeness (QED) is 0.723. The molecule has 4 rings (SSSR count). The second kappa shape index (κ2) is 7.21. The molecule has 3 aliphatic heterocycles. The van der Waals surface area contributed by atoms with Crippen molar-refractivity contribution in [3.63, 3.8) is 0 Å². The maximum atomic E-state index is 13.0. The Hall–Kier alpha value is -2.58. The summed E-state index contributed by atoms with van der Waals surface area (Å²) in [6.45, 7) is 2.27. The van der Waals surface area contributed by atoms with Crippen LogP contribution in [0.2, 0.25) is 0 Å². The van der Waals surface area contributed by atoms with E-state index in [1.54, 1.807) is 12.1 Å². The molecule has 3 heterocycles. The number of carbonyl (C=O) groups excluding carboxylic acids is 4. The van der Waals surface area contributed by atoms with Crippen LogP contribution < -0.4 is 10.6 Å². The lowest BCUT2D eigenvalue weighted by molar-refractivity contribution is -0.136. The van der Waals surface area contributed by atoms with Crippen molar-refractivity contribution in [2.75, 3.05) is 19.7 Å². The molecule has 0 aromatic heterocycles. The van der Waals surface area contributed by atoms with Crippen molar-refractivity contribution in [1.29, 1.82) is 0 Å². The van der Waals surface area contributed by atoms with E-state index in [0.717, 1.165) is 30.0 Å². The van der Waals surface area contributed by atoms with Crippen molar-refractivity contribution in [3.8, 4) is 0 Å². The van der Waals surface area contributed by atoms with Gasteiger partial charge in [-0.05, 0) is 30.9 Å². The maximum Gasteiger partial charge on any atom is 0.262 e. The number of hydrogen-bond donors (Lipinski definition) is 2. The van der Waals surface area contributed by atoms with Crippen molar-refractivity contribution < 1.29 is 23.9 Å². The van der Waals surface area contributed by atoms with Gasteiger partial charge in [-0.2, -0.15) is 0 Å². The topological polar surface area (TPSA) is 105 Å². The molecule has 2 saturated heterocycles. The fourth-order valence-corrected chi connectivity index (χ4v) is 3.91. The number of ether oxygens (including phenoxy) is 1. The number of hydrogen-bond acceptors (Lipinski definition) is 6. The second-order valence-corrected chi connectivity index (χ2v) is 7.02. The molecule has 0 saturated carbocycles. The highest BCUT2D eigenvalue weighted by Gasteiger charge is 2.45. The number of imide groups is 2. The fraction of sp³-hybridized carbons (Fsp3) is 0.474. The van der Waals surface area contributed by atoms with E-state index >= 15 is 0 Å². The molecule has 1 aromatic carbocycles. The van der Waals surface area contributed by atoms with Gasteiger partial charge < -0.3 is 10.1 Å². The highest BCUT2D eigenvalue weighted by molar-refractivity contribution is 6.24. The molecule has 142 valence electrons. The first-order valence-electron chi connectivity index (χ1n) is 9.22. The number of benzene rings is 1. The Labute approximate surface area is 156 Å². The van der Waals surface area contributed by atoms with Crippen LogP contribution in [0, 0.1) is 0 Å². The van der Waals surface area contributed by atoms with Gasteiger partial charge in [0.25, 0.3) is 11.8 Å². The lowest BCUT2D eigenvalue weighted by Gasteiger charge is -2.28. The molecule has 8 nitrogen and oxygen atoms in total. The molecule has 0 radical (unpaired) electrons. The summed E-state index contributed by atoms with van der Waals surface area (Å²) >= 11 is 0. The van der Waals surface area contributed by atoms with Crippen molar-refractivity contribution in [1.82, 2.24) is 15.5 Å². The zero-order valence-electron chi connectivity index (χ0n) is 14.8. The Kier molecular flexibility index (Phi) is 4.75. The van der Waals surface area contributed by atoms with Crippen LogP contribution in [0.4, 0.5) is 0 Å². The molecule has 2 fully saturated rings. The van der Waals surface area contributed by atoms with Crippen LogP contribution in [-0.2, 0) is 20.7 Å². The van der Waals surface area contributed by atoms with Gasteiger partial charge in [-0.25, -0.2) is 0 Å². The highest BCUT2D eigenvalue weighted by atomic mass is 16.5. The molecule has 4 amide bonds. The summed E-state index contributed by atoms with van der Waals surface area (Å²) in [5, 5.41) is 5.48. The van der Waals surface area contributed by atoms with Crippen molar-refractivity contribution in [3.05, 3.63) is 34.9 Å². The van der Waals surface area contributed by atoms with Gasteiger partial charge in [-0.1, -0.05) is 12.1 Å². The van der Waals surface area contributed by atoms with Gasteiger partial charge in [0.1, 0.15) is 6.04 Å². The van der Waals surface area contributed by atoms with Crippen molar-refractivity contribution in [2.45, 2.75) is 37.8 Å². The summed E-state index contributed by atoms with van der Waals surface area (Å²) in [4.78, 5) is 50.3. The lowest BCUT2D eigenvalue weighted by atomic mass is 9.97. The van der Waals surface area contributed by atoms with Gasteiger partial charge in [-0.3, -0.25) is 29.4 Å². The molecular formula is C19H21N3O5. The SMILES string of the molecule is O=C1CCC(N2C(=O)c3cccc(CC[C@H]4CNCCO4)c3C2=O)C(=O)N1. The van der Waals surface area contributed by atoms with E-state index in [4.69, 9.17) is 4.74 Å². The van der Waals surface area contributed by atoms with Crippen molar-refractivity contribution >= 4 is 23.6 Å². The smallest absolute Gasteiger partial charge is 0.262 e. The summed E-state index contributed by atoms with van der Waals surface area (Å²) < 4.78 is 5.70. The lowest BCUT2D eigenvalue weighted by Crippen LogP contribution is -2.54. The number of carbonyl (C=O) groups is 4. The minimum absolute atomic E-state index is 0.0769. The Balaban J connectivity index is 1.55. The standard InChI is InChI=1S/C19H21N3O5/c23-15-7-6-14(17(24)21-15)22-18(25)13-3-1-2-11(16(13)19(22)26)4-5-12-10-20-8-9-27-12/h1-3,12,14,20H,4-10H2,(H,21,23,24)/t12-,14?/m0/s1. The van der Waals surface area contributed by atoms with Crippen LogP contribution >= 0.6 is 0 Å². The average molecular weight is 371 g/mol. The summed E-state index contributed by atoms with van der Waals surface area (Å²) in [5.74, 6) is -1.90. The highest BCUT2D eigenvalue weighted by Crippen LogP contribution is 2.30. The molecule has 8 heteroatoms. The third-order valence-corrected chi connectivity index (χ3v) is 5.29. The average Bonchev–Trinajstić information content (AvgIpc) is 2.93. The van der Waals surface area contributed by atoms with E-state index in [0.29, 0.717) is 24.2 Å². The van der Waals surface area contributed by atoms with Gasteiger partial charge in [0.15, 0.2) is 0 Å². The number of nitrogens with zero attached hydrogens (tertiary/aromatic N) is 1. The van der Waals surface area contributed by atoms with Crippen LogP contribution in [0.25, 0.3) is 0 Å². The van der Waals surface area contributed by atoms with Crippen LogP contribution in [0.1, 0.15) is 45.5 Å². The molecule has 0 bridgehead atoms. The number of amides is 4. The largest absolute Gasteiger partial charge is 0.376 e. The molecule has 0 aliphatic carbocycles. The van der Waals surface area contributed by atoms with Crippen LogP contribution in [0.15, 0.2) is 18.2 Å². The number of nitrogens with one attached hydrogen (secondary N) is 2. The zero-order valence-corrected chi connectivity index (χ0v) is 14.8. The van der Waals surface area contributed by atoms with E-state index in [1.165, 1.54) is 0 Å². The first-order valence-corrected chi connectivity index (χ1v) is 9.22. The number of morpholine rings is 1. The minimum Gasteiger partial charge on any atom is -0.376 e. The molecule has 2 atom stereocenters. The van der Waals surface area contributed by atoms with E-state index in [1.807, 2.05) is 6.07 Å². The Morgan fingerprint density at radius 1 is 1.15 bits per heavy atom. The van der Waals surface area contributed by atoms with Gasteiger partial charge in [0, 0.05) is 19.5 Å². The molecule has 0 spiro atoms. The molecule has 1 unspecified atom stereocenters. The maximum absolute atomic E-state index is 13.0. The summed E-state index contributed by atoms with van der Waals surface area (Å²) in [6, 6.07) is 4.28. The van der Waals surface area contributed by atoms with Crippen LogP contribution in [0.5, 0.6) is 0 Å². The molecular weight excluding hydrogens is 350 g/mol. The van der Waals surface area contributed by atoms with Gasteiger partial charge in [0.2, 0.25) is 11.8 Å². The summed E-state index contributed by atoms with van der Waals surface area (Å²) in [5.41, 5.74) is 1.48.